The summed E-state index contributed by atoms with van der Waals surface area (Å²) >= 11 is 1.66. The number of carboxylic acid groups (broad SMARTS) is 1. The molecule has 0 radical (unpaired) electrons. The lowest BCUT2D eigenvalue weighted by Crippen LogP contribution is -2.47. The molecule has 1 fully saturated rings. The zero-order valence-corrected chi connectivity index (χ0v) is 15.9. The first-order valence-electron chi connectivity index (χ1n) is 8.86. The highest BCUT2D eigenvalue weighted by Gasteiger charge is 2.29. The molecule has 0 aromatic heterocycles. The maximum atomic E-state index is 12.8. The standard InChI is InChI=1S/C20H21N3O4S/c24-18(25)12-17-13-28-11-10-23(17)19(26)14-6-8-16(9-7-14)22-20(27)21-15-4-2-1-3-5-15/h1-9,17H,10-13H2,(H,24,25)(H2,21,22,27). The van der Waals surface area contributed by atoms with Crippen molar-refractivity contribution in [2.45, 2.75) is 12.5 Å². The summed E-state index contributed by atoms with van der Waals surface area (Å²) < 4.78 is 0. The zero-order valence-electron chi connectivity index (χ0n) is 15.1. The van der Waals surface area contributed by atoms with E-state index < -0.39 is 5.97 Å². The second-order valence-electron chi connectivity index (χ2n) is 6.35. The molecule has 0 saturated carbocycles. The smallest absolute Gasteiger partial charge is 0.323 e. The number of carboxylic acids is 1. The molecule has 2 aromatic rings. The monoisotopic (exact) mass is 399 g/mol. The molecule has 2 aromatic carbocycles. The van der Waals surface area contributed by atoms with E-state index in [1.807, 2.05) is 18.2 Å². The molecule has 3 N–H and O–H groups in total. The highest BCUT2D eigenvalue weighted by molar-refractivity contribution is 7.99. The molecule has 1 saturated heterocycles. The predicted molar refractivity (Wildman–Crippen MR) is 110 cm³/mol. The topological polar surface area (TPSA) is 98.7 Å². The summed E-state index contributed by atoms with van der Waals surface area (Å²) in [5, 5.41) is 14.5. The van der Waals surface area contributed by atoms with Gasteiger partial charge in [0.05, 0.1) is 12.5 Å². The summed E-state index contributed by atoms with van der Waals surface area (Å²) in [6, 6.07) is 15.0. The fraction of sp³-hybridized carbons (Fsp3) is 0.250. The third-order valence-corrected chi connectivity index (χ3v) is 5.41. The van der Waals surface area contributed by atoms with Crippen molar-refractivity contribution < 1.29 is 19.5 Å². The number of urea groups is 1. The van der Waals surface area contributed by atoms with Crippen LogP contribution in [0.1, 0.15) is 16.8 Å². The van der Waals surface area contributed by atoms with E-state index in [1.54, 1.807) is 53.1 Å². The molecule has 7 nitrogen and oxygen atoms in total. The van der Waals surface area contributed by atoms with Gasteiger partial charge in [-0.05, 0) is 36.4 Å². The molecule has 1 atom stereocenters. The van der Waals surface area contributed by atoms with Gasteiger partial charge in [0.15, 0.2) is 0 Å². The van der Waals surface area contributed by atoms with E-state index in [-0.39, 0.29) is 24.4 Å². The van der Waals surface area contributed by atoms with Crippen molar-refractivity contribution >= 4 is 41.0 Å². The molecule has 1 unspecified atom stereocenters. The second-order valence-corrected chi connectivity index (χ2v) is 7.50. The molecular formula is C20H21N3O4S. The van der Waals surface area contributed by atoms with E-state index >= 15 is 0 Å². The van der Waals surface area contributed by atoms with Crippen LogP contribution in [0.2, 0.25) is 0 Å². The number of carbonyl (C=O) groups is 3. The Morgan fingerprint density at radius 1 is 1.00 bits per heavy atom. The van der Waals surface area contributed by atoms with Crippen LogP contribution in [-0.4, -0.2) is 52.0 Å². The number of benzene rings is 2. The fourth-order valence-corrected chi connectivity index (χ4v) is 4.03. The lowest BCUT2D eigenvalue weighted by Gasteiger charge is -2.34. The van der Waals surface area contributed by atoms with Crippen LogP contribution in [0.25, 0.3) is 0 Å². The average molecular weight is 399 g/mol. The van der Waals surface area contributed by atoms with Gasteiger partial charge in [-0.15, -0.1) is 0 Å². The van der Waals surface area contributed by atoms with Gasteiger partial charge in [0, 0.05) is 35.0 Å². The van der Waals surface area contributed by atoms with Gasteiger partial charge >= 0.3 is 12.0 Å². The number of nitrogens with zero attached hydrogens (tertiary/aromatic N) is 1. The van der Waals surface area contributed by atoms with Crippen LogP contribution in [0.5, 0.6) is 0 Å². The van der Waals surface area contributed by atoms with Crippen molar-refractivity contribution in [2.75, 3.05) is 28.7 Å². The molecule has 3 rings (SSSR count). The van der Waals surface area contributed by atoms with Crippen molar-refractivity contribution in [3.8, 4) is 0 Å². The number of hydrogen-bond acceptors (Lipinski definition) is 4. The van der Waals surface area contributed by atoms with E-state index in [1.165, 1.54) is 0 Å². The molecule has 3 amide bonds. The Morgan fingerprint density at radius 2 is 1.64 bits per heavy atom. The van der Waals surface area contributed by atoms with Crippen LogP contribution >= 0.6 is 11.8 Å². The Kier molecular flexibility index (Phi) is 6.54. The number of thioether (sulfide) groups is 1. The number of para-hydroxylation sites is 1. The number of nitrogens with one attached hydrogen (secondary N) is 2. The summed E-state index contributed by atoms with van der Waals surface area (Å²) in [5.74, 6) is 0.319. The Bertz CT molecular complexity index is 842. The third-order valence-electron chi connectivity index (χ3n) is 4.32. The first-order chi connectivity index (χ1) is 13.5. The first kappa shape index (κ1) is 19.8. The van der Waals surface area contributed by atoms with Crippen molar-refractivity contribution in [3.05, 3.63) is 60.2 Å². The summed E-state index contributed by atoms with van der Waals surface area (Å²) in [4.78, 5) is 37.5. The van der Waals surface area contributed by atoms with Crippen LogP contribution in [0.15, 0.2) is 54.6 Å². The Balaban J connectivity index is 1.62. The highest BCUT2D eigenvalue weighted by atomic mass is 32.2. The second kappa shape index (κ2) is 9.27. The van der Waals surface area contributed by atoms with Gasteiger partial charge in [0.25, 0.3) is 5.91 Å². The van der Waals surface area contributed by atoms with Crippen LogP contribution in [-0.2, 0) is 4.79 Å². The van der Waals surface area contributed by atoms with Crippen LogP contribution in [0.4, 0.5) is 16.2 Å². The normalized spacial score (nSPS) is 16.3. The van der Waals surface area contributed by atoms with E-state index in [2.05, 4.69) is 10.6 Å². The fourth-order valence-electron chi connectivity index (χ4n) is 2.97. The number of anilines is 2. The van der Waals surface area contributed by atoms with Gasteiger partial charge in [0.2, 0.25) is 0 Å². The molecule has 28 heavy (non-hydrogen) atoms. The van der Waals surface area contributed by atoms with Gasteiger partial charge < -0.3 is 20.6 Å². The number of rotatable bonds is 5. The third kappa shape index (κ3) is 5.26. The van der Waals surface area contributed by atoms with Crippen molar-refractivity contribution in [1.29, 1.82) is 0 Å². The maximum absolute atomic E-state index is 12.8. The summed E-state index contributed by atoms with van der Waals surface area (Å²) in [5.41, 5.74) is 1.71. The van der Waals surface area contributed by atoms with E-state index in [4.69, 9.17) is 5.11 Å². The lowest BCUT2D eigenvalue weighted by atomic mass is 10.1. The summed E-state index contributed by atoms with van der Waals surface area (Å²) in [7, 11) is 0. The van der Waals surface area contributed by atoms with Crippen LogP contribution in [0.3, 0.4) is 0 Å². The average Bonchev–Trinajstić information content (AvgIpc) is 2.69. The van der Waals surface area contributed by atoms with Crippen molar-refractivity contribution in [2.24, 2.45) is 0 Å². The van der Waals surface area contributed by atoms with Gasteiger partial charge in [-0.3, -0.25) is 9.59 Å². The van der Waals surface area contributed by atoms with Gasteiger partial charge in [-0.1, -0.05) is 18.2 Å². The zero-order chi connectivity index (χ0) is 19.9. The highest BCUT2D eigenvalue weighted by Crippen LogP contribution is 2.22. The molecule has 1 aliphatic rings. The van der Waals surface area contributed by atoms with Crippen molar-refractivity contribution in [3.63, 3.8) is 0 Å². The molecule has 8 heteroatoms. The molecule has 0 spiro atoms. The van der Waals surface area contributed by atoms with Gasteiger partial charge in [0.1, 0.15) is 0 Å². The minimum atomic E-state index is -0.908. The Morgan fingerprint density at radius 3 is 2.29 bits per heavy atom. The minimum Gasteiger partial charge on any atom is -0.481 e. The minimum absolute atomic E-state index is 0.0575. The summed E-state index contributed by atoms with van der Waals surface area (Å²) in [6.45, 7) is 0.529. The molecule has 1 aliphatic heterocycles. The van der Waals surface area contributed by atoms with E-state index in [9.17, 15) is 14.4 Å². The van der Waals surface area contributed by atoms with Gasteiger partial charge in [-0.2, -0.15) is 11.8 Å². The SMILES string of the molecule is O=C(O)CC1CSCCN1C(=O)c1ccc(NC(=O)Nc2ccccc2)cc1. The lowest BCUT2D eigenvalue weighted by molar-refractivity contribution is -0.138. The number of aliphatic carboxylic acids is 1. The Labute approximate surface area is 167 Å². The van der Waals surface area contributed by atoms with Crippen LogP contribution in [0, 0.1) is 0 Å². The molecule has 0 aliphatic carbocycles. The number of amides is 3. The van der Waals surface area contributed by atoms with Gasteiger partial charge in [-0.25, -0.2) is 4.79 Å². The molecule has 1 heterocycles. The molecular weight excluding hydrogens is 378 g/mol. The van der Waals surface area contributed by atoms with E-state index in [0.29, 0.717) is 29.2 Å². The largest absolute Gasteiger partial charge is 0.481 e. The predicted octanol–water partition coefficient (Wildman–Crippen LogP) is 3.36. The van der Waals surface area contributed by atoms with E-state index in [0.717, 1.165) is 5.75 Å². The molecule has 0 bridgehead atoms. The number of carbonyl (C=O) groups excluding carboxylic acids is 2. The Hall–Kier alpha value is -3.00. The quantitative estimate of drug-likeness (QED) is 0.716. The summed E-state index contributed by atoms with van der Waals surface area (Å²) in [6.07, 6.45) is -0.0575. The van der Waals surface area contributed by atoms with Crippen LogP contribution < -0.4 is 10.6 Å². The van der Waals surface area contributed by atoms with Crippen molar-refractivity contribution in [1.82, 2.24) is 4.90 Å². The maximum Gasteiger partial charge on any atom is 0.323 e. The molecule has 146 valence electrons. The number of hydrogen-bond donors (Lipinski definition) is 3. The first-order valence-corrected chi connectivity index (χ1v) is 10.0.